The summed E-state index contributed by atoms with van der Waals surface area (Å²) in [5.41, 5.74) is 2.04. The molecule has 1 aliphatic rings. The lowest BCUT2D eigenvalue weighted by Gasteiger charge is -2.25. The van der Waals surface area contributed by atoms with Crippen molar-refractivity contribution in [2.45, 2.75) is 11.8 Å². The third-order valence-electron chi connectivity index (χ3n) is 4.22. The number of ether oxygens (including phenoxy) is 1. The summed E-state index contributed by atoms with van der Waals surface area (Å²) in [5.74, 6) is -0.107. The van der Waals surface area contributed by atoms with E-state index in [2.05, 4.69) is 10.0 Å². The van der Waals surface area contributed by atoms with Crippen LogP contribution < -0.4 is 10.0 Å². The first-order valence-electron chi connectivity index (χ1n) is 8.72. The molecule has 1 fully saturated rings. The van der Waals surface area contributed by atoms with E-state index < -0.39 is 10.0 Å². The molecule has 2 aromatic carbocycles. The number of benzene rings is 2. The molecule has 8 heteroatoms. The monoisotopic (exact) mass is 389 g/mol. The molecule has 1 saturated heterocycles. The van der Waals surface area contributed by atoms with Crippen LogP contribution in [0.5, 0.6) is 0 Å². The van der Waals surface area contributed by atoms with Crippen LogP contribution in [0.15, 0.2) is 53.4 Å². The fourth-order valence-corrected chi connectivity index (χ4v) is 3.77. The van der Waals surface area contributed by atoms with Gasteiger partial charge in [-0.25, -0.2) is 8.42 Å². The molecule has 2 aromatic rings. The summed E-state index contributed by atoms with van der Waals surface area (Å²) < 4.78 is 32.6. The van der Waals surface area contributed by atoms with E-state index in [1.807, 2.05) is 11.8 Å². The van der Waals surface area contributed by atoms with Gasteiger partial charge in [0.15, 0.2) is 0 Å². The lowest BCUT2D eigenvalue weighted by Crippen LogP contribution is -2.41. The SMILES string of the molecule is Cc1ccc(S(=O)(=O)Nc2ccc(NC(=O)CN3CCOCC3)cc2)cc1. The number of sulfonamides is 1. The van der Waals surface area contributed by atoms with Crippen LogP contribution in [0, 0.1) is 6.92 Å². The predicted octanol–water partition coefficient (Wildman–Crippen LogP) is 2.07. The first kappa shape index (κ1) is 19.3. The molecule has 0 bridgehead atoms. The molecule has 0 atom stereocenters. The van der Waals surface area contributed by atoms with Crippen LogP contribution in [-0.4, -0.2) is 52.1 Å². The zero-order valence-corrected chi connectivity index (χ0v) is 16.0. The Hall–Kier alpha value is -2.42. The second kappa shape index (κ2) is 8.51. The van der Waals surface area contributed by atoms with Gasteiger partial charge in [0.05, 0.1) is 24.7 Å². The van der Waals surface area contributed by atoms with Gasteiger partial charge in [-0.05, 0) is 43.3 Å². The highest BCUT2D eigenvalue weighted by Crippen LogP contribution is 2.19. The fraction of sp³-hybridized carbons (Fsp3) is 0.316. The lowest BCUT2D eigenvalue weighted by atomic mass is 10.2. The molecule has 7 nitrogen and oxygen atoms in total. The zero-order chi connectivity index (χ0) is 19.3. The number of hydrogen-bond acceptors (Lipinski definition) is 5. The Morgan fingerprint density at radius 1 is 1.00 bits per heavy atom. The standard InChI is InChI=1S/C19H23N3O4S/c1-15-2-8-18(9-3-15)27(24,25)21-17-6-4-16(5-7-17)20-19(23)14-22-10-12-26-13-11-22/h2-9,21H,10-14H2,1H3,(H,20,23). The quantitative estimate of drug-likeness (QED) is 0.790. The van der Waals surface area contributed by atoms with E-state index in [1.165, 1.54) is 0 Å². The summed E-state index contributed by atoms with van der Waals surface area (Å²) in [6, 6.07) is 13.2. The molecule has 2 N–H and O–H groups in total. The van der Waals surface area contributed by atoms with E-state index in [-0.39, 0.29) is 10.8 Å². The summed E-state index contributed by atoms with van der Waals surface area (Å²) in [5, 5.41) is 2.82. The number of anilines is 2. The van der Waals surface area contributed by atoms with Crippen molar-refractivity contribution >= 4 is 27.3 Å². The van der Waals surface area contributed by atoms with Crippen molar-refractivity contribution in [3.8, 4) is 0 Å². The minimum Gasteiger partial charge on any atom is -0.379 e. The summed E-state index contributed by atoms with van der Waals surface area (Å²) in [6.07, 6.45) is 0. The Bertz CT molecular complexity index is 874. The van der Waals surface area contributed by atoms with Gasteiger partial charge in [-0.15, -0.1) is 0 Å². The van der Waals surface area contributed by atoms with Crippen LogP contribution in [0.3, 0.4) is 0 Å². The molecule has 0 radical (unpaired) electrons. The lowest BCUT2D eigenvalue weighted by molar-refractivity contribution is -0.118. The van der Waals surface area contributed by atoms with Gasteiger partial charge in [-0.1, -0.05) is 17.7 Å². The number of rotatable bonds is 6. The van der Waals surface area contributed by atoms with Crippen molar-refractivity contribution in [1.82, 2.24) is 4.90 Å². The highest BCUT2D eigenvalue weighted by atomic mass is 32.2. The smallest absolute Gasteiger partial charge is 0.261 e. The molecular formula is C19H23N3O4S. The maximum Gasteiger partial charge on any atom is 0.261 e. The number of hydrogen-bond donors (Lipinski definition) is 2. The highest BCUT2D eigenvalue weighted by Gasteiger charge is 2.15. The zero-order valence-electron chi connectivity index (χ0n) is 15.1. The van der Waals surface area contributed by atoms with E-state index in [9.17, 15) is 13.2 Å². The minimum absolute atomic E-state index is 0.107. The maximum atomic E-state index is 12.4. The number of carbonyl (C=O) groups excluding carboxylic acids is 1. The second-order valence-electron chi connectivity index (χ2n) is 6.43. The summed E-state index contributed by atoms with van der Waals surface area (Å²) in [7, 11) is -3.64. The second-order valence-corrected chi connectivity index (χ2v) is 8.12. The van der Waals surface area contributed by atoms with Crippen LogP contribution in [0.1, 0.15) is 5.56 Å². The fourth-order valence-electron chi connectivity index (χ4n) is 2.72. The molecule has 144 valence electrons. The largest absolute Gasteiger partial charge is 0.379 e. The summed E-state index contributed by atoms with van der Waals surface area (Å²) >= 11 is 0. The van der Waals surface area contributed by atoms with Gasteiger partial charge < -0.3 is 10.1 Å². The van der Waals surface area contributed by atoms with Crippen LogP contribution in [-0.2, 0) is 19.6 Å². The third kappa shape index (κ3) is 5.53. The number of nitrogens with one attached hydrogen (secondary N) is 2. The van der Waals surface area contributed by atoms with Crippen molar-refractivity contribution in [2.75, 3.05) is 42.9 Å². The van der Waals surface area contributed by atoms with E-state index in [0.717, 1.165) is 18.7 Å². The first-order valence-corrected chi connectivity index (χ1v) is 10.2. The molecule has 27 heavy (non-hydrogen) atoms. The van der Waals surface area contributed by atoms with Gasteiger partial charge in [0.25, 0.3) is 10.0 Å². The predicted molar refractivity (Wildman–Crippen MR) is 104 cm³/mol. The molecule has 0 unspecified atom stereocenters. The van der Waals surface area contributed by atoms with Gasteiger partial charge >= 0.3 is 0 Å². The van der Waals surface area contributed by atoms with Crippen molar-refractivity contribution in [3.63, 3.8) is 0 Å². The molecule has 0 aromatic heterocycles. The van der Waals surface area contributed by atoms with Crippen LogP contribution in [0.2, 0.25) is 0 Å². The van der Waals surface area contributed by atoms with E-state index in [0.29, 0.717) is 31.1 Å². The van der Waals surface area contributed by atoms with Crippen molar-refractivity contribution in [3.05, 3.63) is 54.1 Å². The maximum absolute atomic E-state index is 12.4. The Morgan fingerprint density at radius 3 is 2.22 bits per heavy atom. The average Bonchev–Trinajstić information content (AvgIpc) is 2.64. The van der Waals surface area contributed by atoms with Crippen molar-refractivity contribution < 1.29 is 17.9 Å². The molecule has 3 rings (SSSR count). The molecule has 0 saturated carbocycles. The van der Waals surface area contributed by atoms with Gasteiger partial charge in [0, 0.05) is 24.5 Å². The summed E-state index contributed by atoms with van der Waals surface area (Å²) in [4.78, 5) is 14.3. The van der Waals surface area contributed by atoms with Crippen LogP contribution in [0.4, 0.5) is 11.4 Å². The Labute approximate surface area is 159 Å². The number of amides is 1. The number of aryl methyl sites for hydroxylation is 1. The van der Waals surface area contributed by atoms with Gasteiger partial charge in [0.1, 0.15) is 0 Å². The van der Waals surface area contributed by atoms with Gasteiger partial charge in [-0.2, -0.15) is 0 Å². The summed E-state index contributed by atoms with van der Waals surface area (Å²) in [6.45, 7) is 4.98. The molecule has 0 aliphatic carbocycles. The molecule has 1 aliphatic heterocycles. The molecule has 0 spiro atoms. The van der Waals surface area contributed by atoms with E-state index >= 15 is 0 Å². The number of nitrogens with zero attached hydrogens (tertiary/aromatic N) is 1. The van der Waals surface area contributed by atoms with Gasteiger partial charge in [-0.3, -0.25) is 14.4 Å². The van der Waals surface area contributed by atoms with E-state index in [4.69, 9.17) is 4.74 Å². The Morgan fingerprint density at radius 2 is 1.59 bits per heavy atom. The van der Waals surface area contributed by atoms with Crippen molar-refractivity contribution in [2.24, 2.45) is 0 Å². The van der Waals surface area contributed by atoms with Crippen molar-refractivity contribution in [1.29, 1.82) is 0 Å². The number of morpholine rings is 1. The average molecular weight is 389 g/mol. The number of carbonyl (C=O) groups is 1. The first-order chi connectivity index (χ1) is 12.9. The van der Waals surface area contributed by atoms with Gasteiger partial charge in [0.2, 0.25) is 5.91 Å². The van der Waals surface area contributed by atoms with Crippen LogP contribution >= 0.6 is 0 Å². The minimum atomic E-state index is -3.64. The molecule has 1 amide bonds. The van der Waals surface area contributed by atoms with Crippen LogP contribution in [0.25, 0.3) is 0 Å². The Kier molecular flexibility index (Phi) is 6.10. The third-order valence-corrected chi connectivity index (χ3v) is 5.62. The normalized spacial score (nSPS) is 15.3. The molecule has 1 heterocycles. The van der Waals surface area contributed by atoms with E-state index in [1.54, 1.807) is 48.5 Å². The highest BCUT2D eigenvalue weighted by molar-refractivity contribution is 7.92. The topological polar surface area (TPSA) is 87.7 Å². The Balaban J connectivity index is 1.58. The molecular weight excluding hydrogens is 366 g/mol.